The second-order valence-corrected chi connectivity index (χ2v) is 6.80. The van der Waals surface area contributed by atoms with E-state index in [2.05, 4.69) is 17.1 Å². The maximum absolute atomic E-state index is 12.2. The number of hydrogen-bond acceptors (Lipinski definition) is 4. The summed E-state index contributed by atoms with van der Waals surface area (Å²) in [5.74, 6) is 1.42. The zero-order chi connectivity index (χ0) is 16.2. The summed E-state index contributed by atoms with van der Waals surface area (Å²) < 4.78 is 5.66. The highest BCUT2D eigenvalue weighted by molar-refractivity contribution is 5.82. The summed E-state index contributed by atoms with van der Waals surface area (Å²) in [5.41, 5.74) is 1.07. The van der Waals surface area contributed by atoms with Gasteiger partial charge in [0.25, 0.3) is 5.91 Å². The van der Waals surface area contributed by atoms with Crippen molar-refractivity contribution in [2.75, 3.05) is 26.2 Å². The Morgan fingerprint density at radius 3 is 2.87 bits per heavy atom. The third-order valence-electron chi connectivity index (χ3n) is 4.80. The Kier molecular flexibility index (Phi) is 5.18. The van der Waals surface area contributed by atoms with Crippen molar-refractivity contribution in [3.63, 3.8) is 0 Å². The van der Waals surface area contributed by atoms with Gasteiger partial charge in [-0.25, -0.2) is 0 Å². The van der Waals surface area contributed by atoms with Gasteiger partial charge >= 0.3 is 0 Å². The maximum Gasteiger partial charge on any atom is 0.261 e. The molecule has 0 saturated carbocycles. The Labute approximate surface area is 137 Å². The Morgan fingerprint density at radius 2 is 2.13 bits per heavy atom. The van der Waals surface area contributed by atoms with Crippen molar-refractivity contribution in [2.24, 2.45) is 5.92 Å². The van der Waals surface area contributed by atoms with Crippen molar-refractivity contribution in [1.82, 2.24) is 10.2 Å². The van der Waals surface area contributed by atoms with Crippen molar-refractivity contribution in [2.45, 2.75) is 38.4 Å². The predicted octanol–water partition coefficient (Wildman–Crippen LogP) is 1.20. The Morgan fingerprint density at radius 1 is 1.39 bits per heavy atom. The molecular formula is C18H26N2O3. The number of β-amino-alcohol motifs (C(OH)–C–C–N with tert-alkyl or cyclic N) is 1. The predicted molar refractivity (Wildman–Crippen MR) is 88.4 cm³/mol. The smallest absolute Gasteiger partial charge is 0.261 e. The summed E-state index contributed by atoms with van der Waals surface area (Å²) in [6, 6.07) is 7.72. The number of aliphatic hydroxyl groups excluding tert-OH is 1. The molecule has 5 nitrogen and oxygen atoms in total. The van der Waals surface area contributed by atoms with Gasteiger partial charge in [-0.05, 0) is 43.5 Å². The number of ether oxygens (including phenoxy) is 1. The molecule has 2 atom stereocenters. The number of nitrogens with one attached hydrogen (secondary N) is 1. The summed E-state index contributed by atoms with van der Waals surface area (Å²) >= 11 is 0. The van der Waals surface area contributed by atoms with E-state index in [1.165, 1.54) is 12.8 Å². The number of likely N-dealkylation sites (tertiary alicyclic amines) is 1. The molecule has 126 valence electrons. The molecule has 2 unspecified atom stereocenters. The van der Waals surface area contributed by atoms with E-state index in [9.17, 15) is 9.90 Å². The number of para-hydroxylation sites is 1. The van der Waals surface area contributed by atoms with Gasteiger partial charge in [-0.1, -0.05) is 25.1 Å². The molecule has 0 radical (unpaired) electrons. The highest BCUT2D eigenvalue weighted by Gasteiger charge is 2.29. The molecule has 0 spiro atoms. The Bertz CT molecular complexity index is 516. The van der Waals surface area contributed by atoms with Gasteiger partial charge in [0.15, 0.2) is 6.10 Å². The zero-order valence-electron chi connectivity index (χ0n) is 13.7. The van der Waals surface area contributed by atoms with Crippen LogP contribution in [0.2, 0.25) is 0 Å². The number of fused-ring (bicyclic) bond motifs is 1. The molecule has 1 amide bonds. The molecule has 1 fully saturated rings. The summed E-state index contributed by atoms with van der Waals surface area (Å²) in [6.45, 7) is 5.24. The van der Waals surface area contributed by atoms with Gasteiger partial charge < -0.3 is 20.1 Å². The normalized spacial score (nSPS) is 23.1. The highest BCUT2D eigenvalue weighted by atomic mass is 16.5. The number of hydrogen-bond donors (Lipinski definition) is 2. The SMILES string of the molecule is CC1CCN(CC(O)CNC(=O)C2Cc3ccccc3O2)CC1. The average molecular weight is 318 g/mol. The first-order valence-corrected chi connectivity index (χ1v) is 8.54. The second kappa shape index (κ2) is 7.32. The lowest BCUT2D eigenvalue weighted by Gasteiger charge is -2.31. The highest BCUT2D eigenvalue weighted by Crippen LogP contribution is 2.28. The van der Waals surface area contributed by atoms with E-state index < -0.39 is 12.2 Å². The monoisotopic (exact) mass is 318 g/mol. The number of amides is 1. The molecule has 2 N–H and O–H groups in total. The second-order valence-electron chi connectivity index (χ2n) is 6.80. The average Bonchev–Trinajstić information content (AvgIpc) is 2.99. The van der Waals surface area contributed by atoms with Crippen LogP contribution < -0.4 is 10.1 Å². The van der Waals surface area contributed by atoms with Gasteiger partial charge in [-0.3, -0.25) is 4.79 Å². The van der Waals surface area contributed by atoms with E-state index in [1.54, 1.807) is 0 Å². The van der Waals surface area contributed by atoms with Crippen LogP contribution in [0, 0.1) is 5.92 Å². The fourth-order valence-electron chi connectivity index (χ4n) is 3.27. The first kappa shape index (κ1) is 16.3. The topological polar surface area (TPSA) is 61.8 Å². The molecule has 3 rings (SSSR count). The van der Waals surface area contributed by atoms with Crippen LogP contribution in [0.1, 0.15) is 25.3 Å². The zero-order valence-corrected chi connectivity index (χ0v) is 13.7. The minimum Gasteiger partial charge on any atom is -0.480 e. The van der Waals surface area contributed by atoms with E-state index in [1.807, 2.05) is 24.3 Å². The van der Waals surface area contributed by atoms with Crippen LogP contribution in [0.15, 0.2) is 24.3 Å². The van der Waals surface area contributed by atoms with E-state index in [0.29, 0.717) is 13.0 Å². The molecule has 2 heterocycles. The number of carbonyl (C=O) groups excluding carboxylic acids is 1. The Balaban J connectivity index is 1.39. The quantitative estimate of drug-likeness (QED) is 0.856. The van der Waals surface area contributed by atoms with E-state index in [4.69, 9.17) is 4.74 Å². The van der Waals surface area contributed by atoms with Gasteiger partial charge in [-0.2, -0.15) is 0 Å². The van der Waals surface area contributed by atoms with Crippen LogP contribution in [0.25, 0.3) is 0 Å². The molecule has 1 aromatic rings. The fourth-order valence-corrected chi connectivity index (χ4v) is 3.27. The molecular weight excluding hydrogens is 292 g/mol. The standard InChI is InChI=1S/C18H26N2O3/c1-13-6-8-20(9-7-13)12-15(21)11-19-18(22)17-10-14-4-2-3-5-16(14)23-17/h2-5,13,15,17,21H,6-12H2,1H3,(H,19,22). The Hall–Kier alpha value is -1.59. The molecule has 0 bridgehead atoms. The van der Waals surface area contributed by atoms with Crippen LogP contribution in [-0.2, 0) is 11.2 Å². The number of piperidine rings is 1. The van der Waals surface area contributed by atoms with Gasteiger partial charge in [-0.15, -0.1) is 0 Å². The number of rotatable bonds is 5. The van der Waals surface area contributed by atoms with Crippen LogP contribution in [0.5, 0.6) is 5.75 Å². The van der Waals surface area contributed by atoms with E-state index in [-0.39, 0.29) is 12.5 Å². The van der Waals surface area contributed by atoms with Crippen molar-refractivity contribution in [3.05, 3.63) is 29.8 Å². The van der Waals surface area contributed by atoms with Crippen LogP contribution in [-0.4, -0.2) is 54.3 Å². The molecule has 0 aliphatic carbocycles. The summed E-state index contributed by atoms with van der Waals surface area (Å²) in [7, 11) is 0. The molecule has 1 saturated heterocycles. The number of aliphatic hydroxyl groups is 1. The van der Waals surface area contributed by atoms with Crippen molar-refractivity contribution >= 4 is 5.91 Å². The van der Waals surface area contributed by atoms with Gasteiger partial charge in [0, 0.05) is 19.5 Å². The molecule has 23 heavy (non-hydrogen) atoms. The first-order valence-electron chi connectivity index (χ1n) is 8.54. The van der Waals surface area contributed by atoms with E-state index >= 15 is 0 Å². The summed E-state index contributed by atoms with van der Waals surface area (Å²) in [5, 5.41) is 13.0. The lowest BCUT2D eigenvalue weighted by molar-refractivity contribution is -0.127. The van der Waals surface area contributed by atoms with Gasteiger partial charge in [0.05, 0.1) is 6.10 Å². The van der Waals surface area contributed by atoms with E-state index in [0.717, 1.165) is 30.3 Å². The van der Waals surface area contributed by atoms with Crippen molar-refractivity contribution in [3.8, 4) is 5.75 Å². The van der Waals surface area contributed by atoms with Crippen LogP contribution in [0.4, 0.5) is 0 Å². The van der Waals surface area contributed by atoms with Crippen LogP contribution in [0.3, 0.4) is 0 Å². The van der Waals surface area contributed by atoms with Crippen molar-refractivity contribution < 1.29 is 14.6 Å². The molecule has 2 aliphatic rings. The van der Waals surface area contributed by atoms with Gasteiger partial charge in [0.2, 0.25) is 0 Å². The summed E-state index contributed by atoms with van der Waals surface area (Å²) in [6.07, 6.45) is 1.97. The largest absolute Gasteiger partial charge is 0.480 e. The molecule has 1 aromatic carbocycles. The third kappa shape index (κ3) is 4.24. The number of benzene rings is 1. The lowest BCUT2D eigenvalue weighted by Crippen LogP contribution is -2.45. The lowest BCUT2D eigenvalue weighted by atomic mass is 9.99. The third-order valence-corrected chi connectivity index (χ3v) is 4.80. The summed E-state index contributed by atoms with van der Waals surface area (Å²) in [4.78, 5) is 14.5. The molecule has 2 aliphatic heterocycles. The van der Waals surface area contributed by atoms with Crippen molar-refractivity contribution in [1.29, 1.82) is 0 Å². The number of nitrogens with zero attached hydrogens (tertiary/aromatic N) is 1. The molecule has 0 aromatic heterocycles. The molecule has 5 heteroatoms. The van der Waals surface area contributed by atoms with Gasteiger partial charge in [0.1, 0.15) is 5.75 Å². The first-order chi connectivity index (χ1) is 11.1. The maximum atomic E-state index is 12.2. The minimum atomic E-state index is -0.531. The number of carbonyl (C=O) groups is 1. The fraction of sp³-hybridized carbons (Fsp3) is 0.611. The van der Waals surface area contributed by atoms with Crippen LogP contribution >= 0.6 is 0 Å². The minimum absolute atomic E-state index is 0.146.